The van der Waals surface area contributed by atoms with Gasteiger partial charge in [-0.1, -0.05) is 46.3 Å². The molecule has 3 saturated carbocycles. The van der Waals surface area contributed by atoms with Gasteiger partial charge in [0.25, 0.3) is 0 Å². The summed E-state index contributed by atoms with van der Waals surface area (Å²) in [5.74, 6) is 1.14. The van der Waals surface area contributed by atoms with E-state index in [1.54, 1.807) is 6.26 Å². The summed E-state index contributed by atoms with van der Waals surface area (Å²) >= 11 is 0. The molecule has 9 atom stereocenters. The lowest BCUT2D eigenvalue weighted by atomic mass is 9.37. The van der Waals surface area contributed by atoms with Crippen LogP contribution >= 0.6 is 0 Å². The number of allylic oxidation sites excluding steroid dienone is 1. The highest BCUT2D eigenvalue weighted by Gasteiger charge is 2.76. The summed E-state index contributed by atoms with van der Waals surface area (Å²) in [5, 5.41) is 11.7. The summed E-state index contributed by atoms with van der Waals surface area (Å²) in [7, 11) is 0. The molecular weight excluding hydrogens is 376 g/mol. The van der Waals surface area contributed by atoms with Crippen LogP contribution in [-0.2, 0) is 9.53 Å². The molecular formula is C26H34O4. The molecule has 0 radical (unpaired) electrons. The van der Waals surface area contributed by atoms with E-state index in [9.17, 15) is 9.90 Å². The molecule has 0 aromatic carbocycles. The minimum Gasteiger partial charge on any atom is -0.472 e. The second kappa shape index (κ2) is 5.50. The number of ether oxygens (including phenoxy) is 1. The molecule has 4 aliphatic carbocycles. The van der Waals surface area contributed by atoms with Crippen LogP contribution in [0, 0.1) is 33.5 Å². The Labute approximate surface area is 179 Å². The molecule has 4 fully saturated rings. The topological polar surface area (TPSA) is 63.0 Å². The van der Waals surface area contributed by atoms with E-state index in [4.69, 9.17) is 9.15 Å². The maximum Gasteiger partial charge on any atom is 0.170 e. The minimum absolute atomic E-state index is 0.0240. The molecule has 1 saturated heterocycles. The van der Waals surface area contributed by atoms with Gasteiger partial charge >= 0.3 is 0 Å². The van der Waals surface area contributed by atoms with Gasteiger partial charge in [0.15, 0.2) is 5.78 Å². The Hall–Kier alpha value is -1.39. The van der Waals surface area contributed by atoms with Crippen LogP contribution < -0.4 is 0 Å². The molecule has 0 spiro atoms. The molecule has 5 aliphatic rings. The van der Waals surface area contributed by atoms with Crippen LogP contribution in [0.1, 0.15) is 71.8 Å². The van der Waals surface area contributed by atoms with E-state index in [1.807, 2.05) is 6.26 Å². The van der Waals surface area contributed by atoms with Crippen LogP contribution in [0.5, 0.6) is 0 Å². The van der Waals surface area contributed by atoms with Crippen LogP contribution in [0.3, 0.4) is 0 Å². The van der Waals surface area contributed by atoms with Crippen molar-refractivity contribution in [1.82, 2.24) is 0 Å². The molecule has 0 bridgehead atoms. The average molecular weight is 411 g/mol. The van der Waals surface area contributed by atoms with Crippen LogP contribution in [0.25, 0.3) is 0 Å². The summed E-state index contributed by atoms with van der Waals surface area (Å²) in [4.78, 5) is 13.0. The second-order valence-corrected chi connectivity index (χ2v) is 12.0. The van der Waals surface area contributed by atoms with Crippen LogP contribution in [0.15, 0.2) is 34.7 Å². The molecule has 1 N–H and O–H groups in total. The van der Waals surface area contributed by atoms with Crippen LogP contribution in [0.4, 0.5) is 0 Å². The second-order valence-electron chi connectivity index (χ2n) is 12.0. The van der Waals surface area contributed by atoms with Gasteiger partial charge < -0.3 is 14.3 Å². The lowest BCUT2D eigenvalue weighted by Crippen LogP contribution is -2.67. The van der Waals surface area contributed by atoms with Gasteiger partial charge in [0, 0.05) is 16.2 Å². The predicted molar refractivity (Wildman–Crippen MR) is 113 cm³/mol. The molecule has 1 aromatic rings. The van der Waals surface area contributed by atoms with Gasteiger partial charge in [0.2, 0.25) is 0 Å². The molecule has 162 valence electrons. The zero-order valence-electron chi connectivity index (χ0n) is 18.8. The van der Waals surface area contributed by atoms with Gasteiger partial charge in [-0.3, -0.25) is 4.79 Å². The molecule has 1 aromatic heterocycles. The van der Waals surface area contributed by atoms with Crippen LogP contribution in [0.2, 0.25) is 0 Å². The standard InChI is InChI=1S/C26H34O4/c1-23(2)18-12-19(27)25(4)16-7-6-15(14-9-11-29-13-14)24(16,3)10-8-17(25)26(18,5)22-20(30-22)21(23)28/h7,9,11,13,15,17-20,22,27H,6,8,10,12H2,1-5H3/t15-,17-,18-,19-,20-,22-,24-,25-,26+/m0/s1. The number of hydrogen-bond donors (Lipinski definition) is 1. The Balaban J connectivity index is 1.45. The molecule has 4 nitrogen and oxygen atoms in total. The fourth-order valence-corrected chi connectivity index (χ4v) is 9.10. The van der Waals surface area contributed by atoms with Crippen molar-refractivity contribution in [3.8, 4) is 0 Å². The predicted octanol–water partition coefficient (Wildman–Crippen LogP) is 4.88. The van der Waals surface area contributed by atoms with E-state index in [0.717, 1.165) is 19.3 Å². The van der Waals surface area contributed by atoms with Crippen molar-refractivity contribution in [3.05, 3.63) is 35.8 Å². The van der Waals surface area contributed by atoms with Gasteiger partial charge in [0.05, 0.1) is 24.7 Å². The first-order valence-electron chi connectivity index (χ1n) is 11.7. The Morgan fingerprint density at radius 2 is 1.90 bits per heavy atom. The van der Waals surface area contributed by atoms with E-state index in [1.165, 1.54) is 11.1 Å². The molecule has 6 rings (SSSR count). The smallest absolute Gasteiger partial charge is 0.170 e. The first kappa shape index (κ1) is 19.3. The molecule has 0 unspecified atom stereocenters. The number of rotatable bonds is 1. The highest BCUT2D eigenvalue weighted by molar-refractivity contribution is 5.92. The Bertz CT molecular complexity index is 944. The summed E-state index contributed by atoms with van der Waals surface area (Å²) in [6.07, 6.45) is 9.32. The first-order chi connectivity index (χ1) is 14.1. The Kier molecular flexibility index (Phi) is 3.54. The summed E-state index contributed by atoms with van der Waals surface area (Å²) in [6, 6.07) is 2.10. The Morgan fingerprint density at radius 1 is 1.13 bits per heavy atom. The molecule has 30 heavy (non-hydrogen) atoms. The van der Waals surface area contributed by atoms with Crippen molar-refractivity contribution >= 4 is 5.78 Å². The fourth-order valence-electron chi connectivity index (χ4n) is 9.10. The van der Waals surface area contributed by atoms with Gasteiger partial charge in [-0.2, -0.15) is 0 Å². The normalized spacial score (nSPS) is 53.3. The van der Waals surface area contributed by atoms with Crippen molar-refractivity contribution in [2.45, 2.75) is 84.5 Å². The number of Topliss-reactive ketones (excluding diaryl/α,β-unsaturated/α-hetero) is 1. The van der Waals surface area contributed by atoms with Gasteiger partial charge in [0.1, 0.15) is 6.10 Å². The number of carbonyl (C=O) groups is 1. The zero-order valence-corrected chi connectivity index (χ0v) is 18.8. The maximum absolute atomic E-state index is 13.0. The third-order valence-corrected chi connectivity index (χ3v) is 10.7. The largest absolute Gasteiger partial charge is 0.472 e. The zero-order chi connectivity index (χ0) is 21.3. The lowest BCUT2D eigenvalue weighted by molar-refractivity contribution is -0.185. The van der Waals surface area contributed by atoms with Gasteiger partial charge in [-0.05, 0) is 60.5 Å². The number of epoxide rings is 1. The number of ketones is 1. The first-order valence-corrected chi connectivity index (χ1v) is 11.7. The van der Waals surface area contributed by atoms with E-state index in [-0.39, 0.29) is 40.2 Å². The number of aliphatic hydroxyl groups is 1. The van der Waals surface area contributed by atoms with E-state index < -0.39 is 11.5 Å². The van der Waals surface area contributed by atoms with Gasteiger partial charge in [-0.15, -0.1) is 0 Å². The maximum atomic E-state index is 13.0. The molecule has 4 heteroatoms. The number of carbonyl (C=O) groups excluding carboxylic acids is 1. The number of fused-ring (bicyclic) bond motifs is 7. The summed E-state index contributed by atoms with van der Waals surface area (Å²) in [5.41, 5.74) is 1.96. The highest BCUT2D eigenvalue weighted by Crippen LogP contribution is 2.75. The van der Waals surface area contributed by atoms with Crippen molar-refractivity contribution in [1.29, 1.82) is 0 Å². The number of aliphatic hydroxyl groups excluding tert-OH is 1. The average Bonchev–Trinajstić information content (AvgIpc) is 3.16. The quantitative estimate of drug-likeness (QED) is 0.529. The SMILES string of the molecule is CC1(C)C(=O)[C@@H]2O[C@@H]2[C@@]2(C)[C@H]1C[C@H](O)[C@@]1(C)C3=CC[C@@H](c4ccoc4)[C@]3(C)CC[C@@H]12. The summed E-state index contributed by atoms with van der Waals surface area (Å²) in [6.45, 7) is 11.3. The number of furan rings is 1. The molecule has 2 heterocycles. The van der Waals surface area contributed by atoms with Crippen molar-refractivity contribution in [2.24, 2.45) is 33.5 Å². The van der Waals surface area contributed by atoms with E-state index in [0.29, 0.717) is 18.3 Å². The third kappa shape index (κ3) is 1.95. The third-order valence-electron chi connectivity index (χ3n) is 10.7. The fraction of sp³-hybridized carbons (Fsp3) is 0.731. The summed E-state index contributed by atoms with van der Waals surface area (Å²) < 4.78 is 11.5. The molecule has 0 amide bonds. The van der Waals surface area contributed by atoms with Crippen molar-refractivity contribution in [2.75, 3.05) is 0 Å². The van der Waals surface area contributed by atoms with Crippen LogP contribution in [-0.4, -0.2) is 29.2 Å². The van der Waals surface area contributed by atoms with Gasteiger partial charge in [-0.25, -0.2) is 0 Å². The van der Waals surface area contributed by atoms with Crippen molar-refractivity contribution in [3.63, 3.8) is 0 Å². The molecule has 1 aliphatic heterocycles. The monoisotopic (exact) mass is 410 g/mol. The number of hydrogen-bond acceptors (Lipinski definition) is 4. The minimum atomic E-state index is -0.446. The Morgan fingerprint density at radius 3 is 2.60 bits per heavy atom. The lowest BCUT2D eigenvalue weighted by Gasteiger charge is -2.66. The van der Waals surface area contributed by atoms with Crippen molar-refractivity contribution < 1.29 is 19.1 Å². The van der Waals surface area contributed by atoms with E-state index >= 15 is 0 Å². The highest BCUT2D eigenvalue weighted by atomic mass is 16.6. The van der Waals surface area contributed by atoms with E-state index in [2.05, 4.69) is 46.8 Å².